The van der Waals surface area contributed by atoms with Gasteiger partial charge in [-0.1, -0.05) is 0 Å². The molecule has 0 heterocycles. The van der Waals surface area contributed by atoms with Crippen molar-refractivity contribution in [2.24, 2.45) is 0 Å². The summed E-state index contributed by atoms with van der Waals surface area (Å²) in [6.07, 6.45) is 1.76. The van der Waals surface area contributed by atoms with Gasteiger partial charge in [0.1, 0.15) is 11.5 Å². The number of hydrogen-bond acceptors (Lipinski definition) is 4. The Balaban J connectivity index is 2.45. The van der Waals surface area contributed by atoms with E-state index in [4.69, 9.17) is 5.26 Å². The maximum absolute atomic E-state index is 13.6. The third-order valence-electron chi connectivity index (χ3n) is 2.95. The topological polar surface area (TPSA) is 70.2 Å². The molecule has 100 valence electrons. The summed E-state index contributed by atoms with van der Waals surface area (Å²) in [5, 5.41) is 19.5. The van der Waals surface area contributed by atoms with Crippen molar-refractivity contribution < 1.29 is 13.7 Å². The van der Waals surface area contributed by atoms with Crippen molar-refractivity contribution in [3.05, 3.63) is 33.9 Å². The number of nitro groups is 1. The SMILES string of the molecule is N#CCCN(c1cc(F)cc(F)c1[N+](=O)[O-])C1CC1. The molecule has 0 saturated heterocycles. The largest absolute Gasteiger partial charge is 0.362 e. The fourth-order valence-electron chi connectivity index (χ4n) is 2.01. The summed E-state index contributed by atoms with van der Waals surface area (Å²) in [5.74, 6) is -2.05. The van der Waals surface area contributed by atoms with E-state index in [2.05, 4.69) is 0 Å². The summed E-state index contributed by atoms with van der Waals surface area (Å²) >= 11 is 0. The molecule has 7 heteroatoms. The van der Waals surface area contributed by atoms with Gasteiger partial charge in [-0.2, -0.15) is 9.65 Å². The van der Waals surface area contributed by atoms with E-state index in [1.54, 1.807) is 4.90 Å². The lowest BCUT2D eigenvalue weighted by Crippen LogP contribution is -2.27. The molecule has 0 amide bonds. The number of nitriles is 1. The number of nitrogens with zero attached hydrogens (tertiary/aromatic N) is 3. The van der Waals surface area contributed by atoms with E-state index in [0.717, 1.165) is 18.9 Å². The Hall–Kier alpha value is -2.23. The fraction of sp³-hybridized carbons (Fsp3) is 0.417. The molecule has 0 atom stereocenters. The first-order chi connectivity index (χ1) is 9.04. The van der Waals surface area contributed by atoms with Crippen LogP contribution in [0.5, 0.6) is 0 Å². The van der Waals surface area contributed by atoms with Gasteiger partial charge in [-0.25, -0.2) is 4.39 Å². The van der Waals surface area contributed by atoms with Crippen molar-refractivity contribution in [2.75, 3.05) is 11.4 Å². The second-order valence-corrected chi connectivity index (χ2v) is 4.35. The van der Waals surface area contributed by atoms with E-state index in [1.165, 1.54) is 0 Å². The molecule has 0 aliphatic heterocycles. The van der Waals surface area contributed by atoms with Crippen LogP contribution in [-0.2, 0) is 0 Å². The summed E-state index contributed by atoms with van der Waals surface area (Å²) in [7, 11) is 0. The van der Waals surface area contributed by atoms with Crippen LogP contribution in [-0.4, -0.2) is 17.5 Å². The zero-order valence-electron chi connectivity index (χ0n) is 9.97. The number of anilines is 1. The highest BCUT2D eigenvalue weighted by atomic mass is 19.1. The predicted molar refractivity (Wildman–Crippen MR) is 63.6 cm³/mol. The second kappa shape index (κ2) is 5.18. The molecule has 1 aliphatic rings. The van der Waals surface area contributed by atoms with Crippen molar-refractivity contribution in [1.29, 1.82) is 5.26 Å². The average molecular weight is 267 g/mol. The number of hydrogen-bond donors (Lipinski definition) is 0. The van der Waals surface area contributed by atoms with Crippen molar-refractivity contribution in [2.45, 2.75) is 25.3 Å². The molecule has 1 aliphatic carbocycles. The standard InChI is InChI=1S/C12H11F2N3O2/c13-8-6-10(14)12(17(18)19)11(7-8)16(5-1-4-15)9-2-3-9/h6-7,9H,1-3,5H2. The van der Waals surface area contributed by atoms with Gasteiger partial charge in [-0.3, -0.25) is 10.1 Å². The first-order valence-electron chi connectivity index (χ1n) is 5.81. The Kier molecular flexibility index (Phi) is 3.60. The highest BCUT2D eigenvalue weighted by molar-refractivity contribution is 5.65. The van der Waals surface area contributed by atoms with Crippen LogP contribution in [0.4, 0.5) is 20.2 Å². The number of halogens is 2. The minimum atomic E-state index is -1.19. The summed E-state index contributed by atoms with van der Waals surface area (Å²) < 4.78 is 26.8. The van der Waals surface area contributed by atoms with Crippen LogP contribution in [0, 0.1) is 33.1 Å². The summed E-state index contributed by atoms with van der Waals surface area (Å²) in [4.78, 5) is 11.6. The molecule has 1 aromatic carbocycles. The smallest absolute Gasteiger partial charge is 0.328 e. The molecule has 1 fully saturated rings. The van der Waals surface area contributed by atoms with Crippen molar-refractivity contribution in [1.82, 2.24) is 0 Å². The van der Waals surface area contributed by atoms with E-state index in [0.29, 0.717) is 6.07 Å². The average Bonchev–Trinajstić information content (AvgIpc) is 3.12. The van der Waals surface area contributed by atoms with Crippen LogP contribution in [0.3, 0.4) is 0 Å². The van der Waals surface area contributed by atoms with Crippen LogP contribution in [0.15, 0.2) is 12.1 Å². The van der Waals surface area contributed by atoms with Gasteiger partial charge in [0.05, 0.1) is 17.4 Å². The summed E-state index contributed by atoms with van der Waals surface area (Å²) in [5.41, 5.74) is -0.813. The number of nitro benzene ring substituents is 1. The maximum atomic E-state index is 13.6. The molecular formula is C12H11F2N3O2. The first-order valence-corrected chi connectivity index (χ1v) is 5.81. The minimum absolute atomic E-state index is 0.0215. The normalized spacial score (nSPS) is 13.9. The van der Waals surface area contributed by atoms with Crippen molar-refractivity contribution >= 4 is 11.4 Å². The van der Waals surface area contributed by atoms with E-state index < -0.39 is 22.2 Å². The van der Waals surface area contributed by atoms with Crippen LogP contribution in [0.25, 0.3) is 0 Å². The first kappa shape index (κ1) is 13.2. The third kappa shape index (κ3) is 2.78. The third-order valence-corrected chi connectivity index (χ3v) is 2.95. The van der Waals surface area contributed by atoms with Gasteiger partial charge in [0.25, 0.3) is 0 Å². The van der Waals surface area contributed by atoms with E-state index in [9.17, 15) is 18.9 Å². The van der Waals surface area contributed by atoms with E-state index >= 15 is 0 Å². The Morgan fingerprint density at radius 2 is 2.16 bits per heavy atom. The Morgan fingerprint density at radius 1 is 1.47 bits per heavy atom. The molecule has 0 unspecified atom stereocenters. The van der Waals surface area contributed by atoms with Gasteiger partial charge in [0.15, 0.2) is 0 Å². The van der Waals surface area contributed by atoms with Gasteiger partial charge in [-0.15, -0.1) is 0 Å². The molecule has 1 aromatic rings. The van der Waals surface area contributed by atoms with Gasteiger partial charge < -0.3 is 4.90 Å². The molecule has 0 bridgehead atoms. The Bertz CT molecular complexity index is 553. The van der Waals surface area contributed by atoms with Crippen LogP contribution in [0.2, 0.25) is 0 Å². The lowest BCUT2D eigenvalue weighted by atomic mass is 10.2. The van der Waals surface area contributed by atoms with Gasteiger partial charge in [0.2, 0.25) is 5.82 Å². The van der Waals surface area contributed by atoms with E-state index in [-0.39, 0.29) is 24.7 Å². The molecule has 0 spiro atoms. The van der Waals surface area contributed by atoms with Crippen LogP contribution in [0.1, 0.15) is 19.3 Å². The highest BCUT2D eigenvalue weighted by Crippen LogP contribution is 2.38. The Labute approximate surface area is 108 Å². The monoisotopic (exact) mass is 267 g/mol. The van der Waals surface area contributed by atoms with Crippen LogP contribution < -0.4 is 4.90 Å². The molecule has 0 N–H and O–H groups in total. The Morgan fingerprint density at radius 3 is 2.68 bits per heavy atom. The quantitative estimate of drug-likeness (QED) is 0.607. The molecular weight excluding hydrogens is 256 g/mol. The summed E-state index contributed by atoms with van der Waals surface area (Å²) in [6.45, 7) is 0.227. The fourth-order valence-corrected chi connectivity index (χ4v) is 2.01. The van der Waals surface area contributed by atoms with E-state index in [1.807, 2.05) is 6.07 Å². The van der Waals surface area contributed by atoms with Crippen molar-refractivity contribution in [3.63, 3.8) is 0 Å². The predicted octanol–water partition coefficient (Wildman–Crippen LogP) is 2.76. The minimum Gasteiger partial charge on any atom is -0.362 e. The highest BCUT2D eigenvalue weighted by Gasteiger charge is 2.34. The summed E-state index contributed by atoms with van der Waals surface area (Å²) in [6, 6.07) is 3.40. The lowest BCUT2D eigenvalue weighted by molar-refractivity contribution is -0.386. The molecule has 2 rings (SSSR count). The zero-order chi connectivity index (χ0) is 14.0. The number of rotatable bonds is 5. The van der Waals surface area contributed by atoms with Crippen LogP contribution >= 0.6 is 0 Å². The van der Waals surface area contributed by atoms with Gasteiger partial charge in [-0.05, 0) is 12.8 Å². The maximum Gasteiger partial charge on any atom is 0.328 e. The molecule has 0 aromatic heterocycles. The molecule has 1 saturated carbocycles. The van der Waals surface area contributed by atoms with Crippen molar-refractivity contribution in [3.8, 4) is 6.07 Å². The second-order valence-electron chi connectivity index (χ2n) is 4.35. The lowest BCUT2D eigenvalue weighted by Gasteiger charge is -2.23. The molecule has 0 radical (unpaired) electrons. The zero-order valence-corrected chi connectivity index (χ0v) is 9.97. The molecule has 5 nitrogen and oxygen atoms in total. The van der Waals surface area contributed by atoms with Gasteiger partial charge >= 0.3 is 5.69 Å². The number of benzene rings is 1. The van der Waals surface area contributed by atoms with Gasteiger partial charge in [0, 0.05) is 24.7 Å². The molecule has 19 heavy (non-hydrogen) atoms.